The molecule has 29 heavy (non-hydrogen) atoms. The molecular weight excluding hydrogens is 408 g/mol. The molecule has 3 amide bonds. The van der Waals surface area contributed by atoms with E-state index in [1.54, 1.807) is 11.3 Å². The van der Waals surface area contributed by atoms with Crippen molar-refractivity contribution in [2.24, 2.45) is 0 Å². The summed E-state index contributed by atoms with van der Waals surface area (Å²) in [6.07, 6.45) is 6.21. The summed E-state index contributed by atoms with van der Waals surface area (Å²) in [5, 5.41) is 7.28. The van der Waals surface area contributed by atoms with Crippen LogP contribution in [0.15, 0.2) is 18.2 Å². The van der Waals surface area contributed by atoms with Crippen LogP contribution in [-0.2, 0) is 4.79 Å². The van der Waals surface area contributed by atoms with Crippen molar-refractivity contribution in [3.8, 4) is 0 Å². The van der Waals surface area contributed by atoms with Gasteiger partial charge in [-0.3, -0.25) is 15.0 Å². The first-order valence-corrected chi connectivity index (χ1v) is 11.6. The van der Waals surface area contributed by atoms with Gasteiger partial charge >= 0.3 is 6.03 Å². The van der Waals surface area contributed by atoms with Crippen LogP contribution in [0.3, 0.4) is 0 Å². The molecule has 0 spiro atoms. The fourth-order valence-electron chi connectivity index (χ4n) is 4.30. The summed E-state index contributed by atoms with van der Waals surface area (Å²) in [5.74, 6) is 0.178. The third-order valence-corrected chi connectivity index (χ3v) is 7.53. The lowest BCUT2D eigenvalue weighted by molar-refractivity contribution is -0.125. The summed E-state index contributed by atoms with van der Waals surface area (Å²) < 4.78 is 1.16. The Morgan fingerprint density at radius 1 is 1.21 bits per heavy atom. The molecule has 1 aromatic carbocycles. The number of imide groups is 1. The Labute approximate surface area is 180 Å². The van der Waals surface area contributed by atoms with Crippen LogP contribution in [0.1, 0.15) is 56.4 Å². The van der Waals surface area contributed by atoms with E-state index in [9.17, 15) is 9.59 Å². The van der Waals surface area contributed by atoms with Gasteiger partial charge in [-0.2, -0.15) is 0 Å². The van der Waals surface area contributed by atoms with Gasteiger partial charge in [-0.05, 0) is 63.9 Å². The number of nitrogens with zero attached hydrogens (tertiary/aromatic N) is 2. The monoisotopic (exact) mass is 434 g/mol. The first-order chi connectivity index (χ1) is 14.0. The number of nitrogens with one attached hydrogen (secondary N) is 2. The summed E-state index contributed by atoms with van der Waals surface area (Å²) in [4.78, 5) is 31.5. The largest absolute Gasteiger partial charge is 0.335 e. The van der Waals surface area contributed by atoms with Crippen molar-refractivity contribution < 1.29 is 9.59 Å². The molecule has 4 rings (SSSR count). The zero-order valence-electron chi connectivity index (χ0n) is 16.6. The topological polar surface area (TPSA) is 74.3 Å². The third-order valence-electron chi connectivity index (χ3n) is 6.10. The van der Waals surface area contributed by atoms with Crippen molar-refractivity contribution in [1.29, 1.82) is 0 Å². The highest BCUT2D eigenvalue weighted by molar-refractivity contribution is 7.18. The Bertz CT molecular complexity index is 888. The van der Waals surface area contributed by atoms with Gasteiger partial charge in [-0.1, -0.05) is 24.4 Å². The molecule has 1 saturated carbocycles. The second-order valence-electron chi connectivity index (χ2n) is 8.09. The smallest absolute Gasteiger partial charge is 0.321 e. The number of amides is 3. The molecule has 8 heteroatoms. The number of rotatable bonds is 4. The molecule has 2 aromatic rings. The van der Waals surface area contributed by atoms with E-state index >= 15 is 0 Å². The van der Waals surface area contributed by atoms with E-state index in [4.69, 9.17) is 16.6 Å². The lowest BCUT2D eigenvalue weighted by Gasteiger charge is -2.34. The summed E-state index contributed by atoms with van der Waals surface area (Å²) in [6.45, 7) is 3.51. The van der Waals surface area contributed by atoms with E-state index in [2.05, 4.69) is 15.5 Å². The van der Waals surface area contributed by atoms with E-state index in [0.29, 0.717) is 10.9 Å². The molecule has 0 radical (unpaired) electrons. The van der Waals surface area contributed by atoms with Gasteiger partial charge in [0.05, 0.1) is 21.3 Å². The minimum Gasteiger partial charge on any atom is -0.335 e. The average Bonchev–Trinajstić information content (AvgIpc) is 3.36. The molecule has 1 unspecified atom stereocenters. The summed E-state index contributed by atoms with van der Waals surface area (Å²) >= 11 is 7.80. The molecule has 1 aromatic heterocycles. The second kappa shape index (κ2) is 8.98. The van der Waals surface area contributed by atoms with Gasteiger partial charge in [0.1, 0.15) is 0 Å². The molecular formula is C21H27ClN4O2S. The van der Waals surface area contributed by atoms with E-state index < -0.39 is 0 Å². The molecule has 2 aliphatic rings. The van der Waals surface area contributed by atoms with Crippen LogP contribution < -0.4 is 10.6 Å². The molecule has 1 aliphatic heterocycles. The molecule has 1 saturated heterocycles. The highest BCUT2D eigenvalue weighted by atomic mass is 35.5. The van der Waals surface area contributed by atoms with Crippen molar-refractivity contribution in [3.63, 3.8) is 0 Å². The predicted molar refractivity (Wildman–Crippen MR) is 117 cm³/mol. The SMILES string of the molecule is CC(C(=O)NC(=O)NC1CCCC1)N1CCC(c2nc3cc(Cl)ccc3s2)CC1. The molecule has 1 aliphatic carbocycles. The number of thiazole rings is 1. The van der Waals surface area contributed by atoms with Gasteiger partial charge in [0.25, 0.3) is 0 Å². The number of halogens is 1. The van der Waals surface area contributed by atoms with Crippen LogP contribution >= 0.6 is 22.9 Å². The van der Waals surface area contributed by atoms with E-state index in [1.165, 1.54) is 0 Å². The zero-order chi connectivity index (χ0) is 20.4. The summed E-state index contributed by atoms with van der Waals surface area (Å²) in [6, 6.07) is 5.36. The second-order valence-corrected chi connectivity index (χ2v) is 9.59. The number of benzene rings is 1. The number of carbonyl (C=O) groups excluding carboxylic acids is 2. The Kier molecular flexibility index (Phi) is 6.37. The van der Waals surface area contributed by atoms with Crippen LogP contribution in [0.4, 0.5) is 4.79 Å². The Morgan fingerprint density at radius 2 is 1.93 bits per heavy atom. The quantitative estimate of drug-likeness (QED) is 0.752. The van der Waals surface area contributed by atoms with Crippen LogP contribution in [0.25, 0.3) is 10.2 Å². The number of likely N-dealkylation sites (tertiary alicyclic amines) is 1. The molecule has 2 N–H and O–H groups in total. The summed E-state index contributed by atoms with van der Waals surface area (Å²) in [5.41, 5.74) is 0.959. The molecule has 2 heterocycles. The van der Waals surface area contributed by atoms with E-state index in [1.807, 2.05) is 25.1 Å². The van der Waals surface area contributed by atoms with E-state index in [-0.39, 0.29) is 24.0 Å². The fourth-order valence-corrected chi connectivity index (χ4v) is 5.58. The minimum atomic E-state index is -0.364. The number of urea groups is 1. The molecule has 2 fully saturated rings. The predicted octanol–water partition coefficient (Wildman–Crippen LogP) is 4.29. The van der Waals surface area contributed by atoms with Crippen molar-refractivity contribution in [2.75, 3.05) is 13.1 Å². The maximum Gasteiger partial charge on any atom is 0.321 e. The van der Waals surface area contributed by atoms with Crippen molar-refractivity contribution in [3.05, 3.63) is 28.2 Å². The molecule has 6 nitrogen and oxygen atoms in total. The lowest BCUT2D eigenvalue weighted by Crippen LogP contribution is -2.52. The number of hydrogen-bond acceptors (Lipinski definition) is 5. The lowest BCUT2D eigenvalue weighted by atomic mass is 9.96. The first-order valence-electron chi connectivity index (χ1n) is 10.4. The Balaban J connectivity index is 1.28. The number of carbonyl (C=O) groups is 2. The Morgan fingerprint density at radius 3 is 2.66 bits per heavy atom. The van der Waals surface area contributed by atoms with Crippen LogP contribution in [0.2, 0.25) is 5.02 Å². The highest BCUT2D eigenvalue weighted by Gasteiger charge is 2.29. The first kappa shape index (κ1) is 20.6. The number of hydrogen-bond donors (Lipinski definition) is 2. The van der Waals surface area contributed by atoms with Gasteiger partial charge in [-0.25, -0.2) is 9.78 Å². The molecule has 1 atom stereocenters. The highest BCUT2D eigenvalue weighted by Crippen LogP contribution is 2.35. The van der Waals surface area contributed by atoms with Gasteiger partial charge in [-0.15, -0.1) is 11.3 Å². The standard InChI is InChI=1S/C21H27ClN4O2S/c1-13(19(27)25-21(28)23-16-4-2-3-5-16)26-10-8-14(9-11-26)20-24-17-12-15(22)6-7-18(17)29-20/h6-7,12-14,16H,2-5,8-11H2,1H3,(H2,23,25,27,28). The maximum absolute atomic E-state index is 12.5. The van der Waals surface area contributed by atoms with Gasteiger partial charge in [0.2, 0.25) is 5.91 Å². The molecule has 156 valence electrons. The average molecular weight is 435 g/mol. The van der Waals surface area contributed by atoms with Crippen LogP contribution in [-0.4, -0.2) is 47.0 Å². The number of fused-ring (bicyclic) bond motifs is 1. The molecule has 0 bridgehead atoms. The summed E-state index contributed by atoms with van der Waals surface area (Å²) in [7, 11) is 0. The number of aromatic nitrogens is 1. The van der Waals surface area contributed by atoms with Crippen molar-refractivity contribution in [1.82, 2.24) is 20.5 Å². The van der Waals surface area contributed by atoms with E-state index in [0.717, 1.165) is 66.8 Å². The van der Waals surface area contributed by atoms with Crippen molar-refractivity contribution >= 4 is 45.1 Å². The van der Waals surface area contributed by atoms with Gasteiger partial charge in [0.15, 0.2) is 0 Å². The van der Waals surface area contributed by atoms with Crippen LogP contribution in [0.5, 0.6) is 0 Å². The third kappa shape index (κ3) is 4.90. The van der Waals surface area contributed by atoms with Crippen LogP contribution in [0, 0.1) is 0 Å². The Hall–Kier alpha value is -1.70. The van der Waals surface area contributed by atoms with Gasteiger partial charge < -0.3 is 5.32 Å². The fraction of sp³-hybridized carbons (Fsp3) is 0.571. The normalized spacial score (nSPS) is 20.1. The zero-order valence-corrected chi connectivity index (χ0v) is 18.2. The minimum absolute atomic E-state index is 0.206. The number of piperidine rings is 1. The van der Waals surface area contributed by atoms with Crippen molar-refractivity contribution in [2.45, 2.75) is 63.5 Å². The van der Waals surface area contributed by atoms with Gasteiger partial charge in [0, 0.05) is 17.0 Å². The maximum atomic E-state index is 12.5.